The fraction of sp³-hybridized carbons (Fsp3) is 0.0250. The second-order valence-electron chi connectivity index (χ2n) is 32.6. The van der Waals surface area contributed by atoms with Gasteiger partial charge in [-0.25, -0.2) is 44.9 Å². The van der Waals surface area contributed by atoms with E-state index in [9.17, 15) is 0 Å². The molecule has 0 atom stereocenters. The van der Waals surface area contributed by atoms with Gasteiger partial charge in [0.2, 0.25) is 0 Å². The summed E-state index contributed by atoms with van der Waals surface area (Å²) in [6.45, 7) is 0. The van der Waals surface area contributed by atoms with Crippen LogP contribution in [-0.4, -0.2) is 44.9 Å². The summed E-state index contributed by atoms with van der Waals surface area (Å²) in [6.07, 6.45) is 2.69. The number of hydrogen-bond donors (Lipinski definition) is 0. The van der Waals surface area contributed by atoms with Gasteiger partial charge in [-0.3, -0.25) is 0 Å². The molecule has 0 unspecified atom stereocenters. The van der Waals surface area contributed by atoms with Gasteiger partial charge in [0.25, 0.3) is 0 Å². The molecular weight excluding hydrogens is 1570 g/mol. The summed E-state index contributed by atoms with van der Waals surface area (Å²) in [4.78, 5) is 44.8. The average Bonchev–Trinajstić information content (AvgIpc) is 1.63. The van der Waals surface area contributed by atoms with Crippen molar-refractivity contribution in [2.45, 2.75) is 19.3 Å². The molecule has 0 N–H and O–H groups in total. The minimum Gasteiger partial charge on any atom is -0.208 e. The van der Waals surface area contributed by atoms with E-state index in [1.807, 2.05) is 158 Å². The van der Waals surface area contributed by atoms with Crippen LogP contribution in [0.1, 0.15) is 33.4 Å². The quantitative estimate of drug-likeness (QED) is 0.0989. The summed E-state index contributed by atoms with van der Waals surface area (Å²) in [5, 5.41) is 0. The number of nitrogens with zero attached hydrogens (tertiary/aromatic N) is 9. The highest BCUT2D eigenvalue weighted by Gasteiger charge is 2.29. The van der Waals surface area contributed by atoms with Gasteiger partial charge in [-0.1, -0.05) is 406 Å². The van der Waals surface area contributed by atoms with Crippen molar-refractivity contribution in [3.63, 3.8) is 0 Å². The first kappa shape index (κ1) is 78.0. The lowest BCUT2D eigenvalue weighted by molar-refractivity contribution is 1.07. The molecule has 129 heavy (non-hydrogen) atoms. The van der Waals surface area contributed by atoms with Gasteiger partial charge in [-0.2, -0.15) is 0 Å². The molecule has 0 bridgehead atoms. The molecule has 0 aliphatic heterocycles. The Labute approximate surface area is 750 Å². The molecule has 3 aliphatic rings. The number of benzene rings is 18. The highest BCUT2D eigenvalue weighted by atomic mass is 15.1. The minimum absolute atomic E-state index is 0.655. The van der Waals surface area contributed by atoms with E-state index in [1.54, 1.807) is 0 Å². The predicted molar refractivity (Wildman–Crippen MR) is 526 cm³/mol. The van der Waals surface area contributed by atoms with Gasteiger partial charge in [0.05, 0.1) is 0 Å². The van der Waals surface area contributed by atoms with E-state index >= 15 is 0 Å². The zero-order chi connectivity index (χ0) is 85.8. The van der Waals surface area contributed by atoms with Gasteiger partial charge in [-0.05, 0) is 201 Å². The smallest absolute Gasteiger partial charge is 0.164 e. The third-order valence-corrected chi connectivity index (χ3v) is 24.5. The molecule has 606 valence electrons. The number of fused-ring (bicyclic) bond motifs is 9. The molecule has 3 heterocycles. The van der Waals surface area contributed by atoms with Crippen LogP contribution in [0.2, 0.25) is 0 Å². The van der Waals surface area contributed by atoms with E-state index in [0.717, 1.165) is 86.0 Å². The molecule has 0 fully saturated rings. The van der Waals surface area contributed by atoms with E-state index in [0.29, 0.717) is 52.4 Å². The van der Waals surface area contributed by atoms with E-state index in [-0.39, 0.29) is 0 Å². The molecule has 18 aromatic carbocycles. The van der Waals surface area contributed by atoms with Crippen molar-refractivity contribution in [3.05, 3.63) is 488 Å². The predicted octanol–water partition coefficient (Wildman–Crippen LogP) is 29.3. The molecule has 9 nitrogen and oxygen atoms in total. The maximum Gasteiger partial charge on any atom is 0.164 e. The lowest BCUT2D eigenvalue weighted by atomic mass is 9.90. The van der Waals surface area contributed by atoms with Crippen molar-refractivity contribution < 1.29 is 0 Å². The molecule has 0 amide bonds. The number of hydrogen-bond acceptors (Lipinski definition) is 9. The first-order chi connectivity index (χ1) is 63.9. The first-order valence-corrected chi connectivity index (χ1v) is 43.8. The Bertz CT molecular complexity index is 7520. The average molecular weight is 1650 g/mol. The van der Waals surface area contributed by atoms with Crippen LogP contribution in [0.3, 0.4) is 0 Å². The number of aromatic nitrogens is 9. The summed E-state index contributed by atoms with van der Waals surface area (Å²) in [5.74, 6) is 6.02. The monoisotopic (exact) mass is 1650 g/mol. The Kier molecular flexibility index (Phi) is 21.1. The lowest BCUT2D eigenvalue weighted by Gasteiger charge is -2.15. The summed E-state index contributed by atoms with van der Waals surface area (Å²) in [5.41, 5.74) is 39.0. The van der Waals surface area contributed by atoms with E-state index in [1.165, 1.54) is 117 Å². The molecule has 24 rings (SSSR count). The first-order valence-electron chi connectivity index (χ1n) is 43.8. The fourth-order valence-electron chi connectivity index (χ4n) is 18.1. The summed E-state index contributed by atoms with van der Waals surface area (Å²) in [6, 6.07) is 159. The topological polar surface area (TPSA) is 116 Å². The van der Waals surface area contributed by atoms with Crippen molar-refractivity contribution in [1.82, 2.24) is 44.9 Å². The van der Waals surface area contributed by atoms with Crippen molar-refractivity contribution in [3.8, 4) is 203 Å². The van der Waals surface area contributed by atoms with Crippen LogP contribution in [0, 0.1) is 0 Å². The maximum atomic E-state index is 5.05. The van der Waals surface area contributed by atoms with E-state index < -0.39 is 0 Å². The van der Waals surface area contributed by atoms with Crippen molar-refractivity contribution in [2.75, 3.05) is 0 Å². The van der Waals surface area contributed by atoms with Gasteiger partial charge >= 0.3 is 0 Å². The van der Waals surface area contributed by atoms with Crippen molar-refractivity contribution in [2.24, 2.45) is 0 Å². The highest BCUT2D eigenvalue weighted by Crippen LogP contribution is 2.49. The van der Waals surface area contributed by atoms with Gasteiger partial charge in [0, 0.05) is 50.1 Å². The maximum absolute atomic E-state index is 5.05. The SMILES string of the molecule is c1ccc(-c2cc(-c3cccc(-c4nc(-c5ccccc5)nc(-c5ccccc5)n4)c3)c3c(c2)-c2ccccc2C3)cc1.c1ccc(-c2cc(-c3nc(-c4ccccc4)nc(-c4ccccc4)n3)c3c(c2)-c2ccccc2C3)cc1.c1ccc(-c2ccc(-c3cc(-c4cccc(-c5nc(-c6ccccc6)nc(-c6ccccc6)n5)c4)c4c(c3)-c3ccccc3C4)cc2)cc1. The normalized spacial score (nSPS) is 11.6. The molecule has 0 saturated carbocycles. The van der Waals surface area contributed by atoms with E-state index in [4.69, 9.17) is 44.9 Å². The van der Waals surface area contributed by atoms with Gasteiger partial charge < -0.3 is 0 Å². The summed E-state index contributed by atoms with van der Waals surface area (Å²) < 4.78 is 0. The molecule has 3 aromatic heterocycles. The Morgan fingerprint density at radius 1 is 0.109 bits per heavy atom. The van der Waals surface area contributed by atoms with E-state index in [2.05, 4.69) is 297 Å². The van der Waals surface area contributed by atoms with Gasteiger partial charge in [0.1, 0.15) is 0 Å². The second kappa shape index (κ2) is 35.0. The van der Waals surface area contributed by atoms with Crippen LogP contribution in [0.4, 0.5) is 0 Å². The van der Waals surface area contributed by atoms with Crippen LogP contribution in [-0.2, 0) is 19.3 Å². The Morgan fingerprint density at radius 3 is 0.581 bits per heavy atom. The standard InChI is InChI=1S/C46H31N3.C40H27N3.C34H23N3/c1-4-13-31(14-5-1)32-23-25-33(26-24-32)39-29-41(43-28-37-19-10-11-22-40(37)42(43)30-39)36-20-12-21-38(27-36)46-48-44(34-15-6-2-7-16-34)47-45(49-46)35-17-8-3-9-18-35;1-4-13-27(14-5-1)33-25-35(37-24-31-19-10-11-22-34(31)36(37)26-33)30-20-12-21-32(23-30)40-42-38(28-15-6-2-7-16-28)41-39(43-40)29-17-8-3-9-18-29;1-4-12-23(13-5-1)27-21-29-28-19-11-10-18-26(28)20-30(29)31(22-27)34-36-32(24-14-6-2-7-15-24)35-33(37-34)25-16-8-3-9-17-25/h1-27,29-30H,28H2;1-23,25-26H,24H2;1-19,21-22H,20H2. The summed E-state index contributed by atoms with van der Waals surface area (Å²) in [7, 11) is 0. The van der Waals surface area contributed by atoms with Crippen LogP contribution in [0.25, 0.3) is 203 Å². The van der Waals surface area contributed by atoms with Crippen molar-refractivity contribution in [1.29, 1.82) is 0 Å². The van der Waals surface area contributed by atoms with Crippen LogP contribution >= 0.6 is 0 Å². The van der Waals surface area contributed by atoms with Crippen LogP contribution in [0.5, 0.6) is 0 Å². The van der Waals surface area contributed by atoms with Crippen LogP contribution < -0.4 is 0 Å². The highest BCUT2D eigenvalue weighted by molar-refractivity contribution is 5.94. The lowest BCUT2D eigenvalue weighted by Crippen LogP contribution is -2.02. The second-order valence-corrected chi connectivity index (χ2v) is 32.6. The molecule has 21 aromatic rings. The minimum atomic E-state index is 0.655. The van der Waals surface area contributed by atoms with Crippen LogP contribution in [0.15, 0.2) is 455 Å². The largest absolute Gasteiger partial charge is 0.208 e. The molecule has 3 aliphatic carbocycles. The Hall–Kier alpha value is -17.0. The Balaban J connectivity index is 0.000000115. The number of rotatable bonds is 15. The molecular formula is C120H81N9. The third kappa shape index (κ3) is 16.1. The zero-order valence-electron chi connectivity index (χ0n) is 70.4. The fourth-order valence-corrected chi connectivity index (χ4v) is 18.1. The van der Waals surface area contributed by atoms with Crippen molar-refractivity contribution >= 4 is 0 Å². The molecule has 9 heteroatoms. The summed E-state index contributed by atoms with van der Waals surface area (Å²) >= 11 is 0. The molecule has 0 radical (unpaired) electrons. The molecule has 0 spiro atoms. The third-order valence-electron chi connectivity index (χ3n) is 24.5. The Morgan fingerprint density at radius 2 is 0.295 bits per heavy atom. The van der Waals surface area contributed by atoms with Gasteiger partial charge in [-0.15, -0.1) is 0 Å². The van der Waals surface area contributed by atoms with Gasteiger partial charge in [0.15, 0.2) is 52.4 Å². The molecule has 0 saturated heterocycles. The zero-order valence-corrected chi connectivity index (χ0v) is 70.4.